The molecule has 1 aromatic heterocycles. The van der Waals surface area contributed by atoms with Gasteiger partial charge in [0.2, 0.25) is 17.7 Å². The van der Waals surface area contributed by atoms with Gasteiger partial charge in [-0.3, -0.25) is 19.2 Å². The third-order valence-electron chi connectivity index (χ3n) is 8.34. The number of rotatable bonds is 18. The predicted octanol–water partition coefficient (Wildman–Crippen LogP) is 2.04. The molecule has 0 aliphatic rings. The van der Waals surface area contributed by atoms with E-state index in [0.29, 0.717) is 25.8 Å². The van der Waals surface area contributed by atoms with E-state index in [9.17, 15) is 39.3 Å². The first-order valence-electron chi connectivity index (χ1n) is 16.1. The third kappa shape index (κ3) is 9.94. The van der Waals surface area contributed by atoms with Crippen LogP contribution in [0.1, 0.15) is 68.8 Å². The fourth-order valence-electron chi connectivity index (χ4n) is 5.26. The van der Waals surface area contributed by atoms with Crippen molar-refractivity contribution in [1.29, 1.82) is 0 Å². The zero-order valence-corrected chi connectivity index (χ0v) is 27.4. The molecule has 0 fully saturated rings. The minimum atomic E-state index is -1.21. The van der Waals surface area contributed by atoms with E-state index in [1.54, 1.807) is 20.0 Å². The lowest BCUT2D eigenvalue weighted by atomic mass is 9.96. The Hall–Kier alpha value is -5.11. The number of para-hydroxylation sites is 1. The Morgan fingerprint density at radius 1 is 0.833 bits per heavy atom. The number of benzene rings is 2. The monoisotopic (exact) mass is 666 g/mol. The average molecular weight is 667 g/mol. The number of aromatic hydroxyl groups is 2. The number of hydrogen-bond donors (Lipinski definition) is 9. The predicted molar refractivity (Wildman–Crippen MR) is 179 cm³/mol. The molecule has 0 aliphatic carbocycles. The third-order valence-corrected chi connectivity index (χ3v) is 8.34. The van der Waals surface area contributed by atoms with Gasteiger partial charge in [-0.15, -0.1) is 0 Å². The number of fused-ring (bicyclic) bond motifs is 1. The second-order valence-electron chi connectivity index (χ2n) is 11.8. The Morgan fingerprint density at radius 2 is 1.52 bits per heavy atom. The fourth-order valence-corrected chi connectivity index (χ4v) is 5.26. The van der Waals surface area contributed by atoms with Gasteiger partial charge in [0.25, 0.3) is 5.91 Å². The summed E-state index contributed by atoms with van der Waals surface area (Å²) in [5.41, 5.74) is 6.94. The van der Waals surface area contributed by atoms with Gasteiger partial charge in [0.05, 0.1) is 5.56 Å². The molecule has 14 heteroatoms. The zero-order valence-electron chi connectivity index (χ0n) is 27.4. The number of carboxylic acids is 1. The summed E-state index contributed by atoms with van der Waals surface area (Å²) in [5, 5.41) is 40.9. The summed E-state index contributed by atoms with van der Waals surface area (Å²) in [7, 11) is 0. The molecule has 0 saturated carbocycles. The van der Waals surface area contributed by atoms with E-state index < -0.39 is 65.4 Å². The summed E-state index contributed by atoms with van der Waals surface area (Å²) < 4.78 is 0. The van der Waals surface area contributed by atoms with E-state index in [2.05, 4.69) is 26.3 Å². The number of carbonyl (C=O) groups is 5. The largest absolute Gasteiger partial charge is 0.508 e. The van der Waals surface area contributed by atoms with E-state index >= 15 is 0 Å². The highest BCUT2D eigenvalue weighted by atomic mass is 16.4. The molecule has 1 heterocycles. The van der Waals surface area contributed by atoms with Crippen molar-refractivity contribution >= 4 is 40.5 Å². The quantitative estimate of drug-likeness (QED) is 0.0712. The highest BCUT2D eigenvalue weighted by Gasteiger charge is 2.34. The molecule has 5 atom stereocenters. The molecule has 48 heavy (non-hydrogen) atoms. The first-order valence-corrected chi connectivity index (χ1v) is 16.1. The van der Waals surface area contributed by atoms with Crippen LogP contribution in [-0.4, -0.2) is 80.6 Å². The van der Waals surface area contributed by atoms with Crippen LogP contribution in [0.2, 0.25) is 0 Å². The summed E-state index contributed by atoms with van der Waals surface area (Å²) in [6.07, 6.45) is 3.54. The van der Waals surface area contributed by atoms with Crippen LogP contribution >= 0.6 is 0 Å². The first kappa shape index (κ1) is 37.3. The van der Waals surface area contributed by atoms with E-state index in [1.165, 1.54) is 6.07 Å². The number of carbonyl (C=O) groups excluding carboxylic acids is 4. The molecule has 260 valence electrons. The number of aromatic amines is 1. The fraction of sp³-hybridized carbons (Fsp3) is 0.441. The molecule has 0 spiro atoms. The maximum Gasteiger partial charge on any atom is 0.326 e. The Labute approximate surface area is 278 Å². The molecule has 14 nitrogen and oxygen atoms in total. The Bertz CT molecular complexity index is 1590. The molecule has 0 bridgehead atoms. The highest BCUT2D eigenvalue weighted by molar-refractivity contribution is 6.01. The molecule has 2 aromatic carbocycles. The SMILES string of the molecule is CC[C@H](NC(=O)[C@H](Cc1c[nH]c2ccccc12)NC(=O)[C@@H](NC(=O)[C@H](CCCCN)NC(=O)c1cc(O)ccc1O)[C@@H](C)CC)C(=O)O. The number of H-pyrrole nitrogens is 1. The first-order chi connectivity index (χ1) is 22.9. The van der Waals surface area contributed by atoms with Crippen molar-refractivity contribution in [2.45, 2.75) is 83.5 Å². The Morgan fingerprint density at radius 3 is 2.19 bits per heavy atom. The number of carboxylic acid groups (broad SMARTS) is 1. The number of hydrogen-bond acceptors (Lipinski definition) is 8. The number of aliphatic carboxylic acids is 1. The molecule has 0 saturated heterocycles. The van der Waals surface area contributed by atoms with Gasteiger partial charge in [0.1, 0.15) is 35.7 Å². The van der Waals surface area contributed by atoms with Gasteiger partial charge in [0.15, 0.2) is 0 Å². The van der Waals surface area contributed by atoms with Gasteiger partial charge in [0, 0.05) is 23.5 Å². The molecule has 0 unspecified atom stereocenters. The highest BCUT2D eigenvalue weighted by Crippen LogP contribution is 2.23. The maximum atomic E-state index is 13.9. The van der Waals surface area contributed by atoms with Crippen molar-refractivity contribution in [3.8, 4) is 11.5 Å². The van der Waals surface area contributed by atoms with E-state index in [-0.39, 0.29) is 30.6 Å². The Kier molecular flexibility index (Phi) is 13.8. The molecule has 0 radical (unpaired) electrons. The minimum absolute atomic E-state index is 0.0317. The molecule has 3 aromatic rings. The van der Waals surface area contributed by atoms with Crippen LogP contribution in [0.3, 0.4) is 0 Å². The van der Waals surface area contributed by atoms with E-state index in [0.717, 1.165) is 28.6 Å². The van der Waals surface area contributed by atoms with Crippen LogP contribution in [0.15, 0.2) is 48.7 Å². The molecule has 3 rings (SSSR count). The average Bonchev–Trinajstić information content (AvgIpc) is 3.48. The van der Waals surface area contributed by atoms with Gasteiger partial charge in [-0.25, -0.2) is 4.79 Å². The van der Waals surface area contributed by atoms with Crippen molar-refractivity contribution in [1.82, 2.24) is 26.3 Å². The van der Waals surface area contributed by atoms with Crippen molar-refractivity contribution in [3.05, 3.63) is 59.8 Å². The van der Waals surface area contributed by atoms with Gasteiger partial charge in [-0.1, -0.05) is 45.4 Å². The van der Waals surface area contributed by atoms with Crippen LogP contribution in [0.25, 0.3) is 10.9 Å². The number of amides is 4. The smallest absolute Gasteiger partial charge is 0.326 e. The number of nitrogens with one attached hydrogen (secondary N) is 5. The normalized spacial score (nSPS) is 14.2. The van der Waals surface area contributed by atoms with Crippen LogP contribution in [-0.2, 0) is 25.6 Å². The van der Waals surface area contributed by atoms with Gasteiger partial charge < -0.3 is 47.3 Å². The summed E-state index contributed by atoms with van der Waals surface area (Å²) in [6.45, 7) is 5.56. The second kappa shape index (κ2) is 17.7. The standard InChI is InChI=1S/C34H46N6O8/c1-4-19(3)29(40-31(44)26(12-8-9-15-35)38-30(43)23-17-21(41)13-14-28(23)42)33(46)39-27(32(45)37-24(5-2)34(47)48)16-20-18-36-25-11-7-6-10-22(20)25/h6-7,10-11,13-14,17-19,24,26-27,29,36,41-42H,4-5,8-9,12,15-16,35H2,1-3H3,(H,37,45)(H,38,43)(H,39,46)(H,40,44)(H,47,48)/t19-,24-,26-,27-,29-/m0/s1. The van der Waals surface area contributed by atoms with Gasteiger partial charge in [-0.2, -0.15) is 0 Å². The van der Waals surface area contributed by atoms with Crippen LogP contribution in [0.5, 0.6) is 11.5 Å². The van der Waals surface area contributed by atoms with Gasteiger partial charge >= 0.3 is 5.97 Å². The lowest BCUT2D eigenvalue weighted by Gasteiger charge is -2.29. The number of aromatic nitrogens is 1. The molecular formula is C34H46N6O8. The van der Waals surface area contributed by atoms with Crippen molar-refractivity contribution < 1.29 is 39.3 Å². The van der Waals surface area contributed by atoms with Gasteiger partial charge in [-0.05, 0) is 68.0 Å². The van der Waals surface area contributed by atoms with E-state index in [1.807, 2.05) is 31.2 Å². The van der Waals surface area contributed by atoms with E-state index in [4.69, 9.17) is 5.73 Å². The van der Waals surface area contributed by atoms with Crippen molar-refractivity contribution in [2.24, 2.45) is 11.7 Å². The summed E-state index contributed by atoms with van der Waals surface area (Å²) in [4.78, 5) is 68.9. The van der Waals surface area contributed by atoms with Crippen LogP contribution in [0, 0.1) is 5.92 Å². The van der Waals surface area contributed by atoms with Crippen molar-refractivity contribution in [2.75, 3.05) is 6.54 Å². The molecule has 10 N–H and O–H groups in total. The van der Waals surface area contributed by atoms with Crippen LogP contribution < -0.4 is 27.0 Å². The number of unbranched alkanes of at least 4 members (excludes halogenated alkanes) is 1. The van der Waals surface area contributed by atoms with Crippen LogP contribution in [0.4, 0.5) is 0 Å². The maximum absolute atomic E-state index is 13.9. The second-order valence-corrected chi connectivity index (χ2v) is 11.8. The topological polar surface area (TPSA) is 236 Å². The Balaban J connectivity index is 1.87. The zero-order chi connectivity index (χ0) is 35.4. The van der Waals surface area contributed by atoms with Crippen molar-refractivity contribution in [3.63, 3.8) is 0 Å². The summed E-state index contributed by atoms with van der Waals surface area (Å²) in [5.74, 6) is -5.12. The molecular weight excluding hydrogens is 620 g/mol. The summed E-state index contributed by atoms with van der Waals surface area (Å²) in [6, 6.07) is 6.22. The lowest BCUT2D eigenvalue weighted by Crippen LogP contribution is -2.59. The molecule has 4 amide bonds. The minimum Gasteiger partial charge on any atom is -0.508 e. The number of nitrogens with two attached hydrogens (primary N) is 1. The summed E-state index contributed by atoms with van der Waals surface area (Å²) >= 11 is 0. The lowest BCUT2D eigenvalue weighted by molar-refractivity contribution is -0.142. The number of phenolic OH excluding ortho intramolecular Hbond substituents is 2. The molecule has 0 aliphatic heterocycles. The number of phenols is 2.